The van der Waals surface area contributed by atoms with E-state index in [9.17, 15) is 9.59 Å². The molecular formula is C18H22N2O4. The number of ether oxygens (including phenoxy) is 1. The molecule has 1 aliphatic heterocycles. The van der Waals surface area contributed by atoms with Crippen molar-refractivity contribution in [3.63, 3.8) is 0 Å². The largest absolute Gasteiger partial charge is 0.481 e. The van der Waals surface area contributed by atoms with E-state index >= 15 is 0 Å². The van der Waals surface area contributed by atoms with Gasteiger partial charge in [-0.2, -0.15) is 5.26 Å². The second kappa shape index (κ2) is 8.34. The van der Waals surface area contributed by atoms with Crippen LogP contribution in [0, 0.1) is 17.2 Å². The van der Waals surface area contributed by atoms with Gasteiger partial charge in [-0.1, -0.05) is 12.1 Å². The number of carbonyl (C=O) groups is 2. The van der Waals surface area contributed by atoms with E-state index in [0.29, 0.717) is 30.8 Å². The molecule has 24 heavy (non-hydrogen) atoms. The fraction of sp³-hybridized carbons (Fsp3) is 0.500. The number of nitriles is 1. The van der Waals surface area contributed by atoms with Crippen LogP contribution in [0.1, 0.15) is 38.2 Å². The number of hydrogen-bond acceptors (Lipinski definition) is 4. The minimum absolute atomic E-state index is 0.122. The number of rotatable bonds is 6. The summed E-state index contributed by atoms with van der Waals surface area (Å²) in [7, 11) is 0. The number of aliphatic carboxylic acids is 1. The summed E-state index contributed by atoms with van der Waals surface area (Å²) in [5, 5.41) is 17.9. The first-order chi connectivity index (χ1) is 11.5. The Balaban J connectivity index is 1.94. The van der Waals surface area contributed by atoms with Gasteiger partial charge in [0.25, 0.3) is 5.91 Å². The van der Waals surface area contributed by atoms with Crippen LogP contribution in [0.4, 0.5) is 0 Å². The van der Waals surface area contributed by atoms with Gasteiger partial charge < -0.3 is 14.7 Å². The topological polar surface area (TPSA) is 90.6 Å². The molecule has 6 heteroatoms. The van der Waals surface area contributed by atoms with Gasteiger partial charge in [0, 0.05) is 19.5 Å². The summed E-state index contributed by atoms with van der Waals surface area (Å²) in [6.45, 7) is 2.91. The summed E-state index contributed by atoms with van der Waals surface area (Å²) in [5.74, 6) is -0.302. The lowest BCUT2D eigenvalue weighted by Crippen LogP contribution is -2.45. The highest BCUT2D eigenvalue weighted by molar-refractivity contribution is 5.81. The lowest BCUT2D eigenvalue weighted by Gasteiger charge is -2.34. The zero-order valence-corrected chi connectivity index (χ0v) is 13.8. The van der Waals surface area contributed by atoms with Crippen molar-refractivity contribution in [2.45, 2.75) is 38.7 Å². The lowest BCUT2D eigenvalue weighted by atomic mass is 9.93. The molecule has 1 amide bonds. The molecule has 1 heterocycles. The molecule has 1 aromatic rings. The van der Waals surface area contributed by atoms with E-state index in [4.69, 9.17) is 15.1 Å². The molecule has 2 atom stereocenters. The third kappa shape index (κ3) is 4.72. The molecule has 0 saturated carbocycles. The molecule has 2 rings (SSSR count). The molecule has 0 spiro atoms. The minimum atomic E-state index is -0.803. The van der Waals surface area contributed by atoms with Crippen molar-refractivity contribution in [1.82, 2.24) is 4.90 Å². The fourth-order valence-corrected chi connectivity index (χ4v) is 2.99. The summed E-state index contributed by atoms with van der Waals surface area (Å²) in [6.07, 6.45) is 1.86. The van der Waals surface area contributed by atoms with Crippen LogP contribution in [0.2, 0.25) is 0 Å². The summed E-state index contributed by atoms with van der Waals surface area (Å²) < 4.78 is 5.68. The first kappa shape index (κ1) is 17.8. The van der Waals surface area contributed by atoms with Crippen LogP contribution in [0.15, 0.2) is 24.3 Å². The maximum absolute atomic E-state index is 12.6. The zero-order chi connectivity index (χ0) is 17.5. The second-order valence-corrected chi connectivity index (χ2v) is 6.09. The van der Waals surface area contributed by atoms with Crippen molar-refractivity contribution in [2.24, 2.45) is 5.92 Å². The average Bonchev–Trinajstić information content (AvgIpc) is 2.60. The third-order valence-corrected chi connectivity index (χ3v) is 4.26. The molecule has 1 fully saturated rings. The van der Waals surface area contributed by atoms with Gasteiger partial charge in [0.15, 0.2) is 6.10 Å². The van der Waals surface area contributed by atoms with Crippen LogP contribution in [-0.2, 0) is 9.59 Å². The highest BCUT2D eigenvalue weighted by Gasteiger charge is 2.28. The van der Waals surface area contributed by atoms with Crippen molar-refractivity contribution in [3.05, 3.63) is 29.8 Å². The van der Waals surface area contributed by atoms with E-state index in [1.54, 1.807) is 36.1 Å². The van der Waals surface area contributed by atoms with Gasteiger partial charge in [-0.05, 0) is 44.2 Å². The summed E-state index contributed by atoms with van der Waals surface area (Å²) in [4.78, 5) is 25.0. The number of benzene rings is 1. The van der Waals surface area contributed by atoms with Crippen molar-refractivity contribution in [2.75, 3.05) is 13.1 Å². The number of nitrogens with zero attached hydrogens (tertiary/aromatic N) is 2. The fourth-order valence-electron chi connectivity index (χ4n) is 2.99. The van der Waals surface area contributed by atoms with Crippen LogP contribution < -0.4 is 4.74 Å². The Morgan fingerprint density at radius 3 is 2.92 bits per heavy atom. The molecule has 0 aromatic heterocycles. The predicted molar refractivity (Wildman–Crippen MR) is 87.4 cm³/mol. The van der Waals surface area contributed by atoms with E-state index in [1.165, 1.54) is 0 Å². The number of amides is 1. The maximum Gasteiger partial charge on any atom is 0.303 e. The summed E-state index contributed by atoms with van der Waals surface area (Å²) in [6, 6.07) is 8.88. The number of hydrogen-bond donors (Lipinski definition) is 1. The van der Waals surface area contributed by atoms with Gasteiger partial charge in [0.2, 0.25) is 0 Å². The van der Waals surface area contributed by atoms with Crippen LogP contribution >= 0.6 is 0 Å². The highest BCUT2D eigenvalue weighted by atomic mass is 16.5. The van der Waals surface area contributed by atoms with Crippen LogP contribution in [0.25, 0.3) is 0 Å². The molecule has 0 aliphatic carbocycles. The van der Waals surface area contributed by atoms with E-state index in [2.05, 4.69) is 0 Å². The lowest BCUT2D eigenvalue weighted by molar-refractivity contribution is -0.140. The Hall–Kier alpha value is -2.55. The Labute approximate surface area is 141 Å². The van der Waals surface area contributed by atoms with Crippen molar-refractivity contribution in [3.8, 4) is 11.8 Å². The smallest absolute Gasteiger partial charge is 0.303 e. The van der Waals surface area contributed by atoms with Crippen molar-refractivity contribution < 1.29 is 19.4 Å². The van der Waals surface area contributed by atoms with E-state index in [-0.39, 0.29) is 18.2 Å². The first-order valence-electron chi connectivity index (χ1n) is 8.17. The Morgan fingerprint density at radius 1 is 1.46 bits per heavy atom. The Bertz CT molecular complexity index is 638. The highest BCUT2D eigenvalue weighted by Crippen LogP contribution is 2.23. The molecule has 128 valence electrons. The first-order valence-corrected chi connectivity index (χ1v) is 8.17. The molecule has 1 aromatic carbocycles. The molecule has 1 saturated heterocycles. The molecule has 1 aliphatic rings. The summed E-state index contributed by atoms with van der Waals surface area (Å²) in [5.41, 5.74) is 0.398. The number of likely N-dealkylation sites (tertiary alicyclic amines) is 1. The second-order valence-electron chi connectivity index (χ2n) is 6.09. The number of carboxylic acids is 1. The minimum Gasteiger partial charge on any atom is -0.481 e. The molecule has 6 nitrogen and oxygen atoms in total. The van der Waals surface area contributed by atoms with Gasteiger partial charge >= 0.3 is 5.97 Å². The van der Waals surface area contributed by atoms with Gasteiger partial charge in [-0.3, -0.25) is 9.59 Å². The van der Waals surface area contributed by atoms with Gasteiger partial charge in [0.1, 0.15) is 11.8 Å². The van der Waals surface area contributed by atoms with Gasteiger partial charge in [-0.15, -0.1) is 0 Å². The Morgan fingerprint density at radius 2 is 2.21 bits per heavy atom. The molecule has 2 unspecified atom stereocenters. The van der Waals surface area contributed by atoms with Gasteiger partial charge in [-0.25, -0.2) is 0 Å². The number of para-hydroxylation sites is 1. The third-order valence-electron chi connectivity index (χ3n) is 4.26. The van der Waals surface area contributed by atoms with Crippen molar-refractivity contribution in [1.29, 1.82) is 5.26 Å². The predicted octanol–water partition coefficient (Wildman–Crippen LogP) is 2.43. The quantitative estimate of drug-likeness (QED) is 0.865. The van der Waals surface area contributed by atoms with Crippen LogP contribution in [-0.4, -0.2) is 41.1 Å². The normalized spacial score (nSPS) is 18.5. The van der Waals surface area contributed by atoms with Crippen molar-refractivity contribution >= 4 is 11.9 Å². The van der Waals surface area contributed by atoms with E-state index in [0.717, 1.165) is 12.8 Å². The molecule has 0 radical (unpaired) electrons. The van der Waals surface area contributed by atoms with Crippen LogP contribution in [0.5, 0.6) is 5.75 Å². The standard InChI is InChI=1S/C18H22N2O4/c1-13(24-16-7-3-2-6-15(16)11-19)18(23)20-10-4-5-14(12-20)8-9-17(21)22/h2-3,6-7,13-14H,4-5,8-10,12H2,1H3,(H,21,22). The summed E-state index contributed by atoms with van der Waals surface area (Å²) >= 11 is 0. The average molecular weight is 330 g/mol. The number of piperidine rings is 1. The molecular weight excluding hydrogens is 308 g/mol. The molecule has 0 bridgehead atoms. The zero-order valence-electron chi connectivity index (χ0n) is 13.8. The van der Waals surface area contributed by atoms with Crippen LogP contribution in [0.3, 0.4) is 0 Å². The molecule has 1 N–H and O–H groups in total. The van der Waals surface area contributed by atoms with Gasteiger partial charge in [0.05, 0.1) is 5.56 Å². The number of carboxylic acid groups (broad SMARTS) is 1. The number of carbonyl (C=O) groups excluding carboxylic acids is 1. The Kier molecular flexibility index (Phi) is 6.19. The SMILES string of the molecule is CC(Oc1ccccc1C#N)C(=O)N1CCCC(CCC(=O)O)C1. The maximum atomic E-state index is 12.6. The monoisotopic (exact) mass is 330 g/mol. The van der Waals surface area contributed by atoms with E-state index in [1.807, 2.05) is 6.07 Å². The van der Waals surface area contributed by atoms with E-state index < -0.39 is 12.1 Å².